The van der Waals surface area contributed by atoms with Gasteiger partial charge in [-0.3, -0.25) is 27.9 Å². The molecule has 2 saturated heterocycles. The van der Waals surface area contributed by atoms with E-state index in [0.717, 1.165) is 0 Å². The standard InChI is InChI=1S/C12H14ClF2N2O7P/c1-5(2)23-25(20)21-4-7-8(24-25)12(13,15)10(22-7)17-3-6(14)9(18)16-11(17)19/h3,5,7-8,10H,4H2,1-2H3,(H,16,18,19)/t7-,8-,10-,12-,25+/m1/s1. The lowest BCUT2D eigenvalue weighted by molar-refractivity contribution is -0.0750. The molecule has 0 aliphatic carbocycles. The molecule has 5 atom stereocenters. The predicted molar refractivity (Wildman–Crippen MR) is 79.5 cm³/mol. The van der Waals surface area contributed by atoms with E-state index < -0.39 is 54.6 Å². The second-order valence-corrected chi connectivity index (χ2v) is 7.92. The summed E-state index contributed by atoms with van der Waals surface area (Å²) in [6.45, 7) is 2.75. The maximum atomic E-state index is 15.1. The third-order valence-corrected chi connectivity index (χ3v) is 5.54. The monoisotopic (exact) mass is 402 g/mol. The van der Waals surface area contributed by atoms with Gasteiger partial charge in [-0.05, 0) is 13.8 Å². The number of phosphoric ester groups is 1. The van der Waals surface area contributed by atoms with E-state index in [-0.39, 0.29) is 6.61 Å². The van der Waals surface area contributed by atoms with Crippen LogP contribution in [-0.4, -0.2) is 39.6 Å². The second-order valence-electron chi connectivity index (χ2n) is 5.77. The summed E-state index contributed by atoms with van der Waals surface area (Å²) in [5, 5.41) is -2.90. The highest BCUT2D eigenvalue weighted by atomic mass is 35.5. The van der Waals surface area contributed by atoms with Gasteiger partial charge in [0.1, 0.15) is 6.10 Å². The van der Waals surface area contributed by atoms with Gasteiger partial charge in [0.15, 0.2) is 12.3 Å². The van der Waals surface area contributed by atoms with Gasteiger partial charge < -0.3 is 4.74 Å². The van der Waals surface area contributed by atoms with E-state index in [1.165, 1.54) is 0 Å². The summed E-state index contributed by atoms with van der Waals surface area (Å²) >= 11 is 5.85. The molecule has 25 heavy (non-hydrogen) atoms. The fraction of sp³-hybridized carbons (Fsp3) is 0.667. The molecule has 0 spiro atoms. The first-order valence-electron chi connectivity index (χ1n) is 7.19. The lowest BCUT2D eigenvalue weighted by Crippen LogP contribution is -2.45. The van der Waals surface area contributed by atoms with Crippen LogP contribution in [0.25, 0.3) is 0 Å². The van der Waals surface area contributed by atoms with Crippen molar-refractivity contribution in [3.05, 3.63) is 32.9 Å². The summed E-state index contributed by atoms with van der Waals surface area (Å²) < 4.78 is 61.7. The molecule has 3 heterocycles. The number of hydrogen-bond acceptors (Lipinski definition) is 7. The number of nitrogens with zero attached hydrogens (tertiary/aromatic N) is 1. The number of phosphoric acid groups is 1. The molecule has 13 heteroatoms. The number of hydrogen-bond donors (Lipinski definition) is 1. The maximum absolute atomic E-state index is 15.1. The highest BCUT2D eigenvalue weighted by Gasteiger charge is 2.63. The molecule has 0 unspecified atom stereocenters. The van der Waals surface area contributed by atoms with Crippen LogP contribution in [0.15, 0.2) is 15.8 Å². The number of ether oxygens (including phenoxy) is 1. The molecule has 3 rings (SSSR count). The van der Waals surface area contributed by atoms with Gasteiger partial charge in [0.2, 0.25) is 5.82 Å². The summed E-state index contributed by atoms with van der Waals surface area (Å²) in [4.78, 5) is 24.6. The molecule has 1 aromatic rings. The third-order valence-electron chi connectivity index (χ3n) is 3.51. The number of nitrogens with one attached hydrogen (secondary N) is 1. The number of aromatic amines is 1. The van der Waals surface area contributed by atoms with Crippen molar-refractivity contribution in [3.63, 3.8) is 0 Å². The van der Waals surface area contributed by atoms with E-state index in [4.69, 9.17) is 29.9 Å². The van der Waals surface area contributed by atoms with E-state index in [0.29, 0.717) is 10.8 Å². The third kappa shape index (κ3) is 3.32. The predicted octanol–water partition coefficient (Wildman–Crippen LogP) is 1.43. The Balaban J connectivity index is 1.94. The van der Waals surface area contributed by atoms with Crippen LogP contribution in [0.1, 0.15) is 20.1 Å². The molecule has 1 N–H and O–H groups in total. The summed E-state index contributed by atoms with van der Waals surface area (Å²) in [6.07, 6.45) is -4.67. The molecule has 2 fully saturated rings. The van der Waals surface area contributed by atoms with Crippen molar-refractivity contribution in [1.82, 2.24) is 9.55 Å². The Kier molecular flexibility index (Phi) is 4.68. The summed E-state index contributed by atoms with van der Waals surface area (Å²) in [7, 11) is -4.09. The number of halogens is 3. The number of alkyl halides is 2. The molecular formula is C12H14ClF2N2O7P. The van der Waals surface area contributed by atoms with Crippen molar-refractivity contribution in [3.8, 4) is 0 Å². The quantitative estimate of drug-likeness (QED) is 0.601. The summed E-state index contributed by atoms with van der Waals surface area (Å²) in [5.41, 5.74) is -2.41. The van der Waals surface area contributed by atoms with Crippen molar-refractivity contribution in [2.24, 2.45) is 0 Å². The van der Waals surface area contributed by atoms with E-state index in [2.05, 4.69) is 0 Å². The number of aromatic nitrogens is 2. The van der Waals surface area contributed by atoms with Gasteiger partial charge >= 0.3 is 13.5 Å². The van der Waals surface area contributed by atoms with E-state index in [1.807, 2.05) is 0 Å². The van der Waals surface area contributed by atoms with Gasteiger partial charge in [0, 0.05) is 0 Å². The largest absolute Gasteiger partial charge is 0.475 e. The lowest BCUT2D eigenvalue weighted by Gasteiger charge is -2.33. The molecule has 1 aromatic heterocycles. The molecule has 2 aliphatic heterocycles. The first kappa shape index (κ1) is 18.7. The second kappa shape index (κ2) is 6.26. The number of fused-ring (bicyclic) bond motifs is 1. The van der Waals surface area contributed by atoms with E-state index >= 15 is 4.39 Å². The van der Waals surface area contributed by atoms with Crippen molar-refractivity contribution in [2.45, 2.75) is 43.5 Å². The van der Waals surface area contributed by atoms with Crippen LogP contribution in [0.2, 0.25) is 0 Å². The molecule has 2 aliphatic rings. The zero-order valence-corrected chi connectivity index (χ0v) is 14.6. The molecule has 0 bridgehead atoms. The minimum atomic E-state index is -4.09. The van der Waals surface area contributed by atoms with Crippen molar-refractivity contribution >= 4 is 19.4 Å². The zero-order chi connectivity index (χ0) is 18.6. The van der Waals surface area contributed by atoms with Crippen LogP contribution < -0.4 is 11.2 Å². The fourth-order valence-electron chi connectivity index (χ4n) is 2.51. The van der Waals surface area contributed by atoms with Gasteiger partial charge in [0.25, 0.3) is 10.7 Å². The average molecular weight is 403 g/mol. The highest BCUT2D eigenvalue weighted by Crippen LogP contribution is 2.60. The molecule has 0 amide bonds. The van der Waals surface area contributed by atoms with Crippen LogP contribution in [-0.2, 0) is 22.9 Å². The molecule has 0 saturated carbocycles. The Hall–Kier alpha value is -1.10. The van der Waals surface area contributed by atoms with Gasteiger partial charge in [-0.2, -0.15) is 4.39 Å². The fourth-order valence-corrected chi connectivity index (χ4v) is 4.50. The normalized spacial score (nSPS) is 38.1. The smallest absolute Gasteiger partial charge is 0.344 e. The first-order valence-corrected chi connectivity index (χ1v) is 9.03. The van der Waals surface area contributed by atoms with Gasteiger partial charge in [-0.15, -0.1) is 0 Å². The molecule has 140 valence electrons. The Bertz CT molecular complexity index is 841. The van der Waals surface area contributed by atoms with Crippen LogP contribution in [0, 0.1) is 5.82 Å². The summed E-state index contributed by atoms with van der Waals surface area (Å²) in [6, 6.07) is 0. The van der Waals surface area contributed by atoms with Crippen LogP contribution in [0.4, 0.5) is 8.78 Å². The Morgan fingerprint density at radius 3 is 2.84 bits per heavy atom. The van der Waals surface area contributed by atoms with Gasteiger partial charge in [-0.25, -0.2) is 13.8 Å². The molecule has 0 radical (unpaired) electrons. The summed E-state index contributed by atoms with van der Waals surface area (Å²) in [5.74, 6) is -1.34. The van der Waals surface area contributed by atoms with Crippen molar-refractivity contribution in [2.75, 3.05) is 6.61 Å². The van der Waals surface area contributed by atoms with Crippen molar-refractivity contribution < 1.29 is 31.7 Å². The topological polar surface area (TPSA) is 109 Å². The molecule has 0 aromatic carbocycles. The Morgan fingerprint density at radius 1 is 1.52 bits per heavy atom. The van der Waals surface area contributed by atoms with Crippen molar-refractivity contribution in [1.29, 1.82) is 0 Å². The van der Waals surface area contributed by atoms with Gasteiger partial charge in [0.05, 0.1) is 18.9 Å². The highest BCUT2D eigenvalue weighted by molar-refractivity contribution is 7.48. The number of H-pyrrole nitrogens is 1. The Morgan fingerprint density at radius 2 is 2.20 bits per heavy atom. The molecule has 9 nitrogen and oxygen atoms in total. The van der Waals surface area contributed by atoms with Crippen LogP contribution >= 0.6 is 19.4 Å². The van der Waals surface area contributed by atoms with E-state index in [1.54, 1.807) is 18.8 Å². The number of rotatable bonds is 3. The first-order chi connectivity index (χ1) is 11.5. The van der Waals surface area contributed by atoms with Crippen LogP contribution in [0.5, 0.6) is 0 Å². The Labute approximate surface area is 144 Å². The molecular weight excluding hydrogens is 389 g/mol. The SMILES string of the molecule is CC(C)O[P@]1(=O)OC[C@H]2O[C@@H](n3cc(F)c(=O)[nH]c3=O)[C@@](F)(Cl)[C@@H]2O1. The minimum Gasteiger partial charge on any atom is -0.344 e. The van der Waals surface area contributed by atoms with Crippen LogP contribution in [0.3, 0.4) is 0 Å². The lowest BCUT2D eigenvalue weighted by atomic mass is 10.1. The maximum Gasteiger partial charge on any atom is 0.475 e. The average Bonchev–Trinajstić information content (AvgIpc) is 2.73. The van der Waals surface area contributed by atoms with Gasteiger partial charge in [-0.1, -0.05) is 11.6 Å². The van der Waals surface area contributed by atoms with E-state index in [9.17, 15) is 18.5 Å². The minimum absolute atomic E-state index is 0.385. The zero-order valence-electron chi connectivity index (χ0n) is 13.0.